The third kappa shape index (κ3) is 2.53. The van der Waals surface area contributed by atoms with E-state index in [4.69, 9.17) is 4.74 Å². The number of morpholine rings is 1. The van der Waals surface area contributed by atoms with Crippen LogP contribution < -0.4 is 5.56 Å². The predicted octanol–water partition coefficient (Wildman–Crippen LogP) is -0.266. The van der Waals surface area contributed by atoms with Gasteiger partial charge in [0, 0.05) is 25.1 Å². The zero-order valence-corrected chi connectivity index (χ0v) is 10.7. The van der Waals surface area contributed by atoms with Crippen LogP contribution in [0.5, 0.6) is 0 Å². The molecule has 1 N–H and O–H groups in total. The van der Waals surface area contributed by atoms with Gasteiger partial charge in [-0.1, -0.05) is 0 Å². The number of aromatic nitrogens is 2. The lowest BCUT2D eigenvalue weighted by molar-refractivity contribution is -0.140. The number of carbonyl (C=O) groups is 1. The number of nitrogens with zero attached hydrogens (tertiary/aromatic N) is 2. The van der Waals surface area contributed by atoms with Gasteiger partial charge in [0.05, 0.1) is 18.9 Å². The molecule has 1 aliphatic heterocycles. The summed E-state index contributed by atoms with van der Waals surface area (Å²) in [7, 11) is 0. The number of aromatic amines is 1. The molecule has 6 nitrogen and oxygen atoms in total. The number of H-pyrrole nitrogens is 1. The van der Waals surface area contributed by atoms with Gasteiger partial charge >= 0.3 is 0 Å². The summed E-state index contributed by atoms with van der Waals surface area (Å²) in [6, 6.07) is 1.57. The van der Waals surface area contributed by atoms with E-state index in [1.807, 2.05) is 4.90 Å². The summed E-state index contributed by atoms with van der Waals surface area (Å²) in [6.07, 6.45) is 2.19. The first-order valence-corrected chi connectivity index (χ1v) is 6.68. The summed E-state index contributed by atoms with van der Waals surface area (Å²) in [6.45, 7) is 2.60. The van der Waals surface area contributed by atoms with E-state index in [2.05, 4.69) is 10.2 Å². The molecule has 0 saturated carbocycles. The van der Waals surface area contributed by atoms with E-state index < -0.39 is 0 Å². The van der Waals surface area contributed by atoms with Crippen molar-refractivity contribution in [1.29, 1.82) is 0 Å². The van der Waals surface area contributed by atoms with Gasteiger partial charge in [0.25, 0.3) is 5.56 Å². The molecule has 1 amide bonds. The average Bonchev–Trinajstić information content (AvgIpc) is 2.46. The molecule has 19 heavy (non-hydrogen) atoms. The van der Waals surface area contributed by atoms with Crippen molar-refractivity contribution in [2.24, 2.45) is 5.92 Å². The number of ether oxygens (including phenoxy) is 1. The van der Waals surface area contributed by atoms with Gasteiger partial charge in [0.1, 0.15) is 0 Å². The lowest BCUT2D eigenvalue weighted by Gasteiger charge is -2.32. The second kappa shape index (κ2) is 5.13. The fourth-order valence-electron chi connectivity index (χ4n) is 2.79. The molecule has 1 fully saturated rings. The summed E-state index contributed by atoms with van der Waals surface area (Å²) in [5.41, 5.74) is 1.64. The van der Waals surface area contributed by atoms with Crippen LogP contribution in [-0.2, 0) is 22.4 Å². The Balaban J connectivity index is 1.74. The SMILES string of the molecule is O=C([C@@H]1CCc2n[nH]c(=O)cc2C1)N1CCOCC1. The van der Waals surface area contributed by atoms with E-state index >= 15 is 0 Å². The second-order valence-corrected chi connectivity index (χ2v) is 5.08. The van der Waals surface area contributed by atoms with Crippen molar-refractivity contribution in [3.8, 4) is 0 Å². The third-order valence-electron chi connectivity index (χ3n) is 3.84. The molecule has 6 heteroatoms. The largest absolute Gasteiger partial charge is 0.378 e. The van der Waals surface area contributed by atoms with Gasteiger partial charge in [-0.15, -0.1) is 0 Å². The van der Waals surface area contributed by atoms with Crippen LogP contribution in [0.4, 0.5) is 0 Å². The quantitative estimate of drug-likeness (QED) is 0.757. The standard InChI is InChI=1S/C13H17N3O3/c17-12-8-10-7-9(1-2-11(10)14-15-12)13(18)16-3-5-19-6-4-16/h8-9H,1-7H2,(H,15,17)/t9-/m1/s1. The van der Waals surface area contributed by atoms with Gasteiger partial charge in [-0.05, 0) is 24.8 Å². The molecule has 0 unspecified atom stereocenters. The Hall–Kier alpha value is -1.69. The Morgan fingerprint density at radius 2 is 2.21 bits per heavy atom. The molecule has 2 heterocycles. The first-order chi connectivity index (χ1) is 9.24. The highest BCUT2D eigenvalue weighted by atomic mass is 16.5. The summed E-state index contributed by atoms with van der Waals surface area (Å²) in [5, 5.41) is 6.49. The van der Waals surface area contributed by atoms with E-state index in [9.17, 15) is 9.59 Å². The van der Waals surface area contributed by atoms with Crippen LogP contribution in [0, 0.1) is 5.92 Å². The van der Waals surface area contributed by atoms with Crippen LogP contribution in [0.15, 0.2) is 10.9 Å². The highest BCUT2D eigenvalue weighted by Gasteiger charge is 2.29. The molecular formula is C13H17N3O3. The highest BCUT2D eigenvalue weighted by molar-refractivity contribution is 5.79. The Kier molecular flexibility index (Phi) is 3.33. The smallest absolute Gasteiger partial charge is 0.264 e. The molecular weight excluding hydrogens is 246 g/mol. The summed E-state index contributed by atoms with van der Waals surface area (Å²) in [5.74, 6) is 0.170. The summed E-state index contributed by atoms with van der Waals surface area (Å²) in [4.78, 5) is 25.6. The molecule has 0 bridgehead atoms. The van der Waals surface area contributed by atoms with E-state index in [0.29, 0.717) is 32.7 Å². The number of nitrogens with one attached hydrogen (secondary N) is 1. The zero-order valence-electron chi connectivity index (χ0n) is 10.7. The normalized spacial score (nSPS) is 22.9. The molecule has 3 rings (SSSR count). The van der Waals surface area contributed by atoms with Crippen molar-refractivity contribution < 1.29 is 9.53 Å². The Bertz CT molecular complexity index is 534. The number of fused-ring (bicyclic) bond motifs is 1. The Morgan fingerprint density at radius 1 is 1.42 bits per heavy atom. The number of amides is 1. The van der Waals surface area contributed by atoms with Crippen LogP contribution in [0.2, 0.25) is 0 Å². The minimum Gasteiger partial charge on any atom is -0.378 e. The first kappa shape index (κ1) is 12.3. The molecule has 1 saturated heterocycles. The lowest BCUT2D eigenvalue weighted by Crippen LogP contribution is -2.45. The highest BCUT2D eigenvalue weighted by Crippen LogP contribution is 2.24. The van der Waals surface area contributed by atoms with Crippen LogP contribution in [-0.4, -0.2) is 47.3 Å². The van der Waals surface area contributed by atoms with Gasteiger partial charge in [-0.2, -0.15) is 5.10 Å². The van der Waals surface area contributed by atoms with Crippen molar-refractivity contribution in [1.82, 2.24) is 15.1 Å². The fraction of sp³-hybridized carbons (Fsp3) is 0.615. The molecule has 102 valence electrons. The molecule has 1 aromatic rings. The van der Waals surface area contributed by atoms with Crippen molar-refractivity contribution in [2.45, 2.75) is 19.3 Å². The van der Waals surface area contributed by atoms with Gasteiger partial charge in [-0.3, -0.25) is 9.59 Å². The van der Waals surface area contributed by atoms with Crippen LogP contribution in [0.1, 0.15) is 17.7 Å². The number of hydrogen-bond donors (Lipinski definition) is 1. The van der Waals surface area contributed by atoms with Crippen molar-refractivity contribution in [2.75, 3.05) is 26.3 Å². The van der Waals surface area contributed by atoms with Crippen LogP contribution >= 0.6 is 0 Å². The molecule has 1 aliphatic carbocycles. The van der Waals surface area contributed by atoms with E-state index in [-0.39, 0.29) is 17.4 Å². The number of rotatable bonds is 1. The number of aryl methyl sites for hydroxylation is 1. The Labute approximate surface area is 110 Å². The summed E-state index contributed by atoms with van der Waals surface area (Å²) < 4.78 is 5.26. The van der Waals surface area contributed by atoms with Crippen LogP contribution in [0.25, 0.3) is 0 Å². The molecule has 0 spiro atoms. The molecule has 0 aromatic carbocycles. The van der Waals surface area contributed by atoms with Gasteiger partial charge in [0.15, 0.2) is 0 Å². The monoisotopic (exact) mass is 263 g/mol. The van der Waals surface area contributed by atoms with E-state index in [1.165, 1.54) is 0 Å². The average molecular weight is 263 g/mol. The number of carbonyl (C=O) groups excluding carboxylic acids is 1. The van der Waals surface area contributed by atoms with Crippen molar-refractivity contribution >= 4 is 5.91 Å². The second-order valence-electron chi connectivity index (χ2n) is 5.08. The van der Waals surface area contributed by atoms with Gasteiger partial charge in [-0.25, -0.2) is 5.10 Å². The minimum atomic E-state index is -0.196. The maximum Gasteiger partial charge on any atom is 0.264 e. The van der Waals surface area contributed by atoms with Crippen molar-refractivity contribution in [3.05, 3.63) is 27.7 Å². The maximum atomic E-state index is 12.4. The van der Waals surface area contributed by atoms with Crippen LogP contribution in [0.3, 0.4) is 0 Å². The summed E-state index contributed by atoms with van der Waals surface area (Å²) >= 11 is 0. The topological polar surface area (TPSA) is 75.3 Å². The minimum absolute atomic E-state index is 0.0193. The predicted molar refractivity (Wildman–Crippen MR) is 67.8 cm³/mol. The molecule has 1 aromatic heterocycles. The van der Waals surface area contributed by atoms with Crippen molar-refractivity contribution in [3.63, 3.8) is 0 Å². The molecule has 1 atom stereocenters. The first-order valence-electron chi connectivity index (χ1n) is 6.68. The number of hydrogen-bond acceptors (Lipinski definition) is 4. The van der Waals surface area contributed by atoms with Gasteiger partial charge in [0.2, 0.25) is 5.91 Å². The van der Waals surface area contributed by atoms with E-state index in [0.717, 1.165) is 24.1 Å². The fourth-order valence-corrected chi connectivity index (χ4v) is 2.79. The molecule has 0 radical (unpaired) electrons. The maximum absolute atomic E-state index is 12.4. The van der Waals surface area contributed by atoms with Gasteiger partial charge < -0.3 is 9.64 Å². The molecule has 2 aliphatic rings. The van der Waals surface area contributed by atoms with E-state index in [1.54, 1.807) is 6.07 Å². The lowest BCUT2D eigenvalue weighted by atomic mass is 9.86. The third-order valence-corrected chi connectivity index (χ3v) is 3.84. The zero-order chi connectivity index (χ0) is 13.2. The Morgan fingerprint density at radius 3 is 3.00 bits per heavy atom.